The number of hydrogen-bond donors (Lipinski definition) is 2. The normalized spacial score (nSPS) is 10.7. The number of benzene rings is 1. The molecule has 3 rings (SSSR count). The van der Waals surface area contributed by atoms with Crippen molar-refractivity contribution in [1.29, 1.82) is 0 Å². The van der Waals surface area contributed by atoms with Crippen LogP contribution in [0.4, 0.5) is 5.69 Å². The molecule has 1 aromatic carbocycles. The van der Waals surface area contributed by atoms with E-state index in [1.165, 1.54) is 0 Å². The van der Waals surface area contributed by atoms with Crippen LogP contribution in [0.2, 0.25) is 0 Å². The van der Waals surface area contributed by atoms with Crippen LogP contribution in [0.25, 0.3) is 11.0 Å². The molecular weight excluding hydrogens is 244 g/mol. The number of aromatic nitrogens is 5. The van der Waals surface area contributed by atoms with Crippen molar-refractivity contribution in [2.75, 3.05) is 5.32 Å². The zero-order valence-corrected chi connectivity index (χ0v) is 10.1. The number of hydrogen-bond acceptors (Lipinski definition) is 4. The van der Waals surface area contributed by atoms with Gasteiger partial charge in [0.1, 0.15) is 11.0 Å². The highest BCUT2D eigenvalue weighted by molar-refractivity contribution is 5.92. The van der Waals surface area contributed by atoms with Gasteiger partial charge < -0.3 is 5.32 Å². The Morgan fingerprint density at radius 3 is 3.05 bits per heavy atom. The second-order valence-corrected chi connectivity index (χ2v) is 4.09. The summed E-state index contributed by atoms with van der Waals surface area (Å²) in [6, 6.07) is 7.22. The Labute approximate surface area is 108 Å². The van der Waals surface area contributed by atoms with E-state index >= 15 is 0 Å². The van der Waals surface area contributed by atoms with Crippen molar-refractivity contribution in [3.8, 4) is 0 Å². The molecule has 0 saturated heterocycles. The third kappa shape index (κ3) is 2.59. The molecule has 2 aromatic heterocycles. The molecule has 0 saturated carbocycles. The molecule has 0 unspecified atom stereocenters. The first-order chi connectivity index (χ1) is 9.31. The number of fused-ring (bicyclic) bond motifs is 1. The molecule has 0 spiro atoms. The maximum absolute atomic E-state index is 11.8. The monoisotopic (exact) mass is 256 g/mol. The van der Waals surface area contributed by atoms with E-state index in [0.29, 0.717) is 18.7 Å². The number of carbonyl (C=O) groups is 1. The third-order valence-corrected chi connectivity index (χ3v) is 2.73. The van der Waals surface area contributed by atoms with Gasteiger partial charge in [0.2, 0.25) is 5.91 Å². The molecule has 0 atom stereocenters. The number of aromatic amines is 1. The molecule has 0 radical (unpaired) electrons. The van der Waals surface area contributed by atoms with Crippen molar-refractivity contribution in [3.63, 3.8) is 0 Å². The van der Waals surface area contributed by atoms with Crippen molar-refractivity contribution in [2.24, 2.45) is 0 Å². The lowest BCUT2D eigenvalue weighted by atomic mass is 10.2. The average molecular weight is 256 g/mol. The third-order valence-electron chi connectivity index (χ3n) is 2.73. The lowest BCUT2D eigenvalue weighted by Gasteiger charge is -2.05. The van der Waals surface area contributed by atoms with Gasteiger partial charge in [-0.05, 0) is 24.3 Å². The maximum atomic E-state index is 11.8. The van der Waals surface area contributed by atoms with Gasteiger partial charge in [0.05, 0.1) is 0 Å². The summed E-state index contributed by atoms with van der Waals surface area (Å²) in [6.07, 6.45) is 3.89. The van der Waals surface area contributed by atoms with Crippen molar-refractivity contribution >= 4 is 22.6 Å². The summed E-state index contributed by atoms with van der Waals surface area (Å²) in [5.41, 5.74) is 2.21. The summed E-state index contributed by atoms with van der Waals surface area (Å²) >= 11 is 0. The summed E-state index contributed by atoms with van der Waals surface area (Å²) < 4.78 is 1.72. The van der Waals surface area contributed by atoms with Crippen LogP contribution in [-0.4, -0.2) is 31.1 Å². The number of anilines is 1. The molecule has 19 heavy (non-hydrogen) atoms. The van der Waals surface area contributed by atoms with Crippen LogP contribution in [0.3, 0.4) is 0 Å². The van der Waals surface area contributed by atoms with Crippen LogP contribution in [0.1, 0.15) is 6.42 Å². The van der Waals surface area contributed by atoms with Crippen molar-refractivity contribution in [2.45, 2.75) is 13.0 Å². The van der Waals surface area contributed by atoms with Crippen LogP contribution in [0.5, 0.6) is 0 Å². The first-order valence-corrected chi connectivity index (χ1v) is 5.89. The molecule has 0 bridgehead atoms. The molecule has 7 heteroatoms. The van der Waals surface area contributed by atoms with E-state index in [1.807, 2.05) is 18.3 Å². The number of nitrogens with zero attached hydrogens (tertiary/aromatic N) is 4. The minimum Gasteiger partial charge on any atom is -0.326 e. The zero-order chi connectivity index (χ0) is 13.1. The van der Waals surface area contributed by atoms with Crippen LogP contribution in [0.15, 0.2) is 36.7 Å². The van der Waals surface area contributed by atoms with Crippen LogP contribution >= 0.6 is 0 Å². The molecule has 7 nitrogen and oxygen atoms in total. The molecule has 0 aliphatic heterocycles. The Balaban J connectivity index is 1.62. The first-order valence-electron chi connectivity index (χ1n) is 5.89. The molecule has 3 aromatic rings. The van der Waals surface area contributed by atoms with E-state index in [1.54, 1.807) is 23.0 Å². The molecular formula is C12H12N6O. The number of H-pyrrole nitrogens is 1. The fourth-order valence-electron chi connectivity index (χ4n) is 1.79. The summed E-state index contributed by atoms with van der Waals surface area (Å²) in [4.78, 5) is 11.8. The Kier molecular flexibility index (Phi) is 2.93. The summed E-state index contributed by atoms with van der Waals surface area (Å²) in [5.74, 6) is -0.0571. The van der Waals surface area contributed by atoms with Gasteiger partial charge >= 0.3 is 0 Å². The molecule has 0 fully saturated rings. The van der Waals surface area contributed by atoms with Crippen molar-refractivity contribution < 1.29 is 4.79 Å². The standard InChI is InChI=1S/C12H12N6O/c19-12(4-7-18-6-1-5-13-18)14-9-2-3-10-11(8-9)16-17-15-10/h1-3,5-6,8H,4,7H2,(H,14,19)(H,15,16,17). The smallest absolute Gasteiger partial charge is 0.226 e. The first kappa shape index (κ1) is 11.4. The second kappa shape index (κ2) is 4.89. The largest absolute Gasteiger partial charge is 0.326 e. The van der Waals surface area contributed by atoms with E-state index in [-0.39, 0.29) is 5.91 Å². The highest BCUT2D eigenvalue weighted by Crippen LogP contribution is 2.14. The molecule has 1 amide bonds. The Hall–Kier alpha value is -2.70. The molecule has 96 valence electrons. The van der Waals surface area contributed by atoms with Gasteiger partial charge in [-0.1, -0.05) is 0 Å². The van der Waals surface area contributed by atoms with E-state index in [2.05, 4.69) is 25.8 Å². The second-order valence-electron chi connectivity index (χ2n) is 4.09. The summed E-state index contributed by atoms with van der Waals surface area (Å²) in [7, 11) is 0. The minimum absolute atomic E-state index is 0.0571. The van der Waals surface area contributed by atoms with E-state index < -0.39 is 0 Å². The van der Waals surface area contributed by atoms with Gasteiger partial charge in [-0.25, -0.2) is 0 Å². The Morgan fingerprint density at radius 1 is 1.32 bits per heavy atom. The van der Waals surface area contributed by atoms with Gasteiger partial charge in [-0.3, -0.25) is 9.48 Å². The number of carbonyl (C=O) groups excluding carboxylic acids is 1. The lowest BCUT2D eigenvalue weighted by molar-refractivity contribution is -0.116. The molecule has 0 aliphatic rings. The fourth-order valence-corrected chi connectivity index (χ4v) is 1.79. The van der Waals surface area contributed by atoms with Crippen molar-refractivity contribution in [1.82, 2.24) is 25.2 Å². The van der Waals surface area contributed by atoms with Gasteiger partial charge in [0.15, 0.2) is 0 Å². The van der Waals surface area contributed by atoms with Gasteiger partial charge in [-0.2, -0.15) is 20.5 Å². The maximum Gasteiger partial charge on any atom is 0.226 e. The van der Waals surface area contributed by atoms with Crippen LogP contribution in [-0.2, 0) is 11.3 Å². The highest BCUT2D eigenvalue weighted by atomic mass is 16.1. The minimum atomic E-state index is -0.0571. The fraction of sp³-hybridized carbons (Fsp3) is 0.167. The lowest BCUT2D eigenvalue weighted by Crippen LogP contribution is -2.14. The number of rotatable bonds is 4. The highest BCUT2D eigenvalue weighted by Gasteiger charge is 2.05. The Morgan fingerprint density at radius 2 is 2.21 bits per heavy atom. The SMILES string of the molecule is O=C(CCn1cccn1)Nc1ccc2n[nH]nc2c1. The molecule has 2 N–H and O–H groups in total. The molecule has 2 heterocycles. The van der Waals surface area contributed by atoms with Crippen molar-refractivity contribution in [3.05, 3.63) is 36.7 Å². The topological polar surface area (TPSA) is 88.5 Å². The van der Waals surface area contributed by atoms with Gasteiger partial charge in [0, 0.05) is 31.0 Å². The summed E-state index contributed by atoms with van der Waals surface area (Å²) in [6.45, 7) is 0.561. The van der Waals surface area contributed by atoms with E-state index in [9.17, 15) is 4.79 Å². The van der Waals surface area contributed by atoms with Gasteiger partial charge in [0.25, 0.3) is 0 Å². The van der Waals surface area contributed by atoms with E-state index in [0.717, 1.165) is 11.0 Å². The molecule has 0 aliphatic carbocycles. The Bertz CT molecular complexity index is 687. The quantitative estimate of drug-likeness (QED) is 0.733. The predicted octanol–water partition coefficient (Wildman–Crippen LogP) is 1.18. The van der Waals surface area contributed by atoms with Crippen LogP contribution < -0.4 is 5.32 Å². The zero-order valence-electron chi connectivity index (χ0n) is 10.1. The summed E-state index contributed by atoms with van der Waals surface area (Å²) in [5, 5.41) is 17.3. The van der Waals surface area contributed by atoms with Crippen LogP contribution in [0, 0.1) is 0 Å². The predicted molar refractivity (Wildman–Crippen MR) is 69.4 cm³/mol. The number of aryl methyl sites for hydroxylation is 1. The van der Waals surface area contributed by atoms with E-state index in [4.69, 9.17) is 0 Å². The van der Waals surface area contributed by atoms with Gasteiger partial charge in [-0.15, -0.1) is 0 Å². The number of amides is 1. The average Bonchev–Trinajstić information content (AvgIpc) is 3.07. The number of nitrogens with one attached hydrogen (secondary N) is 2.